The first-order chi connectivity index (χ1) is 9.63. The van der Waals surface area contributed by atoms with Crippen LogP contribution in [0.3, 0.4) is 0 Å². The number of aryl methyl sites for hydroxylation is 1. The Balaban J connectivity index is 2.18. The van der Waals surface area contributed by atoms with Gasteiger partial charge in [-0.05, 0) is 29.9 Å². The summed E-state index contributed by atoms with van der Waals surface area (Å²) in [7, 11) is 0. The highest BCUT2D eigenvalue weighted by Crippen LogP contribution is 2.24. The summed E-state index contributed by atoms with van der Waals surface area (Å²) in [5.74, 6) is 1.95. The van der Waals surface area contributed by atoms with Crippen molar-refractivity contribution in [3.63, 3.8) is 0 Å². The summed E-state index contributed by atoms with van der Waals surface area (Å²) in [4.78, 5) is 7.96. The minimum Gasteiger partial charge on any atom is -0.342 e. The van der Waals surface area contributed by atoms with Gasteiger partial charge in [-0.2, -0.15) is 0 Å². The van der Waals surface area contributed by atoms with Gasteiger partial charge in [0, 0.05) is 12.5 Å². The topological polar surface area (TPSA) is 54.7 Å². The van der Waals surface area contributed by atoms with Crippen LogP contribution in [0.4, 0.5) is 0 Å². The van der Waals surface area contributed by atoms with Crippen LogP contribution in [0.15, 0.2) is 30.5 Å². The van der Waals surface area contributed by atoms with E-state index in [4.69, 9.17) is 5.73 Å². The highest BCUT2D eigenvalue weighted by atomic mass is 14.9. The van der Waals surface area contributed by atoms with Gasteiger partial charge < -0.3 is 10.7 Å². The maximum Gasteiger partial charge on any atom is 0.110 e. The third-order valence-electron chi connectivity index (χ3n) is 3.70. The standard InChI is InChI=1S/C17H25N3/c1-4-13-5-7-14(8-6-13)16-11-19-17(20-16)15(10-18)9-12(2)3/h5-8,11-12,15H,4,9-10,18H2,1-3H3,(H,19,20). The highest BCUT2D eigenvalue weighted by Gasteiger charge is 2.15. The summed E-state index contributed by atoms with van der Waals surface area (Å²) in [6.45, 7) is 7.24. The Kier molecular flexibility index (Phi) is 4.96. The van der Waals surface area contributed by atoms with E-state index in [0.717, 1.165) is 24.4 Å². The second kappa shape index (κ2) is 6.71. The molecule has 1 aromatic carbocycles. The van der Waals surface area contributed by atoms with Gasteiger partial charge in [0.05, 0.1) is 11.9 Å². The molecular weight excluding hydrogens is 246 g/mol. The van der Waals surface area contributed by atoms with Crippen molar-refractivity contribution in [2.75, 3.05) is 6.54 Å². The number of nitrogens with two attached hydrogens (primary N) is 1. The lowest BCUT2D eigenvalue weighted by Gasteiger charge is -2.14. The molecule has 0 saturated carbocycles. The Labute approximate surface area is 121 Å². The fourth-order valence-electron chi connectivity index (χ4n) is 2.50. The van der Waals surface area contributed by atoms with Crippen molar-refractivity contribution < 1.29 is 0 Å². The second-order valence-electron chi connectivity index (χ2n) is 5.79. The van der Waals surface area contributed by atoms with Gasteiger partial charge >= 0.3 is 0 Å². The van der Waals surface area contributed by atoms with Gasteiger partial charge in [-0.25, -0.2) is 4.98 Å². The number of hydrogen-bond donors (Lipinski definition) is 2. The Morgan fingerprint density at radius 3 is 2.45 bits per heavy atom. The van der Waals surface area contributed by atoms with E-state index < -0.39 is 0 Å². The first-order valence-corrected chi connectivity index (χ1v) is 7.48. The van der Waals surface area contributed by atoms with Crippen LogP contribution in [0, 0.1) is 5.92 Å². The van der Waals surface area contributed by atoms with Gasteiger partial charge in [-0.15, -0.1) is 0 Å². The molecule has 3 nitrogen and oxygen atoms in total. The minimum atomic E-state index is 0.318. The molecule has 1 aromatic heterocycles. The van der Waals surface area contributed by atoms with Crippen molar-refractivity contribution in [3.05, 3.63) is 41.9 Å². The number of aromatic amines is 1. The molecule has 3 heteroatoms. The largest absolute Gasteiger partial charge is 0.342 e. The summed E-state index contributed by atoms with van der Waals surface area (Å²) >= 11 is 0. The van der Waals surface area contributed by atoms with E-state index in [9.17, 15) is 0 Å². The van der Waals surface area contributed by atoms with Crippen LogP contribution in [0.5, 0.6) is 0 Å². The predicted molar refractivity (Wildman–Crippen MR) is 84.7 cm³/mol. The van der Waals surface area contributed by atoms with Gasteiger partial charge in [-0.1, -0.05) is 45.0 Å². The molecule has 0 aliphatic rings. The maximum absolute atomic E-state index is 5.88. The van der Waals surface area contributed by atoms with Crippen LogP contribution >= 0.6 is 0 Å². The quantitative estimate of drug-likeness (QED) is 0.841. The Hall–Kier alpha value is -1.61. The number of nitrogens with one attached hydrogen (secondary N) is 1. The zero-order valence-electron chi connectivity index (χ0n) is 12.7. The lowest BCUT2D eigenvalue weighted by atomic mass is 9.97. The summed E-state index contributed by atoms with van der Waals surface area (Å²) in [6.07, 6.45) is 4.05. The van der Waals surface area contributed by atoms with Gasteiger partial charge in [0.1, 0.15) is 5.82 Å². The average molecular weight is 271 g/mol. The molecule has 0 aliphatic carbocycles. The first kappa shape index (κ1) is 14.8. The lowest BCUT2D eigenvalue weighted by molar-refractivity contribution is 0.490. The number of benzene rings is 1. The van der Waals surface area contributed by atoms with Crippen LogP contribution in [-0.4, -0.2) is 16.5 Å². The summed E-state index contributed by atoms with van der Waals surface area (Å²) in [6, 6.07) is 8.64. The SMILES string of the molecule is CCc1ccc(-c2cnc(C(CN)CC(C)C)[nH]2)cc1. The van der Waals surface area contributed by atoms with E-state index >= 15 is 0 Å². The molecule has 2 rings (SSSR count). The van der Waals surface area contributed by atoms with E-state index in [1.807, 2.05) is 6.20 Å². The fraction of sp³-hybridized carbons (Fsp3) is 0.471. The van der Waals surface area contributed by atoms with Crippen LogP contribution < -0.4 is 5.73 Å². The van der Waals surface area contributed by atoms with Crippen LogP contribution in [0.2, 0.25) is 0 Å². The minimum absolute atomic E-state index is 0.318. The number of hydrogen-bond acceptors (Lipinski definition) is 2. The smallest absolute Gasteiger partial charge is 0.110 e. The number of rotatable bonds is 6. The van der Waals surface area contributed by atoms with Gasteiger partial charge in [-0.3, -0.25) is 0 Å². The van der Waals surface area contributed by atoms with Crippen LogP contribution in [0.1, 0.15) is 44.5 Å². The van der Waals surface area contributed by atoms with Crippen molar-refractivity contribution in [1.29, 1.82) is 0 Å². The molecular formula is C17H25N3. The molecule has 0 aliphatic heterocycles. The maximum atomic E-state index is 5.88. The Bertz CT molecular complexity index is 525. The first-order valence-electron chi connectivity index (χ1n) is 7.48. The zero-order chi connectivity index (χ0) is 14.5. The molecule has 0 amide bonds. The van der Waals surface area contributed by atoms with E-state index in [-0.39, 0.29) is 0 Å². The normalized spacial score (nSPS) is 12.8. The average Bonchev–Trinajstić information content (AvgIpc) is 2.94. The Morgan fingerprint density at radius 1 is 1.20 bits per heavy atom. The molecule has 20 heavy (non-hydrogen) atoms. The molecule has 1 heterocycles. The van der Waals surface area contributed by atoms with E-state index in [1.54, 1.807) is 0 Å². The third-order valence-corrected chi connectivity index (χ3v) is 3.70. The predicted octanol–water partition coefficient (Wildman–Crippen LogP) is 3.73. The van der Waals surface area contributed by atoms with E-state index in [0.29, 0.717) is 18.4 Å². The van der Waals surface area contributed by atoms with Crippen molar-refractivity contribution in [2.45, 2.75) is 39.5 Å². The lowest BCUT2D eigenvalue weighted by Crippen LogP contribution is -2.15. The zero-order valence-corrected chi connectivity index (χ0v) is 12.7. The van der Waals surface area contributed by atoms with Crippen molar-refractivity contribution in [3.8, 4) is 11.3 Å². The highest BCUT2D eigenvalue weighted by molar-refractivity contribution is 5.58. The van der Waals surface area contributed by atoms with Crippen molar-refractivity contribution >= 4 is 0 Å². The Morgan fingerprint density at radius 2 is 1.90 bits per heavy atom. The summed E-state index contributed by atoms with van der Waals surface area (Å²) in [5.41, 5.74) is 9.49. The molecule has 0 bridgehead atoms. The fourth-order valence-corrected chi connectivity index (χ4v) is 2.50. The number of imidazole rings is 1. The monoisotopic (exact) mass is 271 g/mol. The van der Waals surface area contributed by atoms with E-state index in [2.05, 4.69) is 55.0 Å². The molecule has 0 spiro atoms. The van der Waals surface area contributed by atoms with E-state index in [1.165, 1.54) is 11.1 Å². The molecule has 0 saturated heterocycles. The molecule has 0 fully saturated rings. The molecule has 1 unspecified atom stereocenters. The third kappa shape index (κ3) is 3.48. The van der Waals surface area contributed by atoms with Gasteiger partial charge in [0.25, 0.3) is 0 Å². The molecule has 1 atom stereocenters. The summed E-state index contributed by atoms with van der Waals surface area (Å²) < 4.78 is 0. The second-order valence-corrected chi connectivity index (χ2v) is 5.79. The van der Waals surface area contributed by atoms with Crippen molar-refractivity contribution in [1.82, 2.24) is 9.97 Å². The van der Waals surface area contributed by atoms with Gasteiger partial charge in [0.15, 0.2) is 0 Å². The molecule has 3 N–H and O–H groups in total. The number of H-pyrrole nitrogens is 1. The van der Waals surface area contributed by atoms with Crippen LogP contribution in [-0.2, 0) is 6.42 Å². The number of nitrogens with zero attached hydrogens (tertiary/aromatic N) is 1. The van der Waals surface area contributed by atoms with Gasteiger partial charge in [0.2, 0.25) is 0 Å². The van der Waals surface area contributed by atoms with Crippen molar-refractivity contribution in [2.24, 2.45) is 11.7 Å². The molecule has 2 aromatic rings. The number of aromatic nitrogens is 2. The summed E-state index contributed by atoms with van der Waals surface area (Å²) in [5, 5.41) is 0. The molecule has 0 radical (unpaired) electrons. The van der Waals surface area contributed by atoms with Crippen LogP contribution in [0.25, 0.3) is 11.3 Å². The molecule has 108 valence electrons.